The van der Waals surface area contributed by atoms with E-state index in [0.29, 0.717) is 17.3 Å². The van der Waals surface area contributed by atoms with E-state index in [1.165, 1.54) is 37.0 Å². The van der Waals surface area contributed by atoms with Crippen LogP contribution in [0.1, 0.15) is 12.0 Å². The maximum atomic E-state index is 14.8. The lowest BCUT2D eigenvalue weighted by Crippen LogP contribution is -2.19. The van der Waals surface area contributed by atoms with Crippen LogP contribution >= 0.6 is 0 Å². The first-order chi connectivity index (χ1) is 14.1. The third kappa shape index (κ3) is 4.22. The van der Waals surface area contributed by atoms with E-state index in [9.17, 15) is 26.4 Å². The van der Waals surface area contributed by atoms with Gasteiger partial charge in [-0.2, -0.15) is 4.39 Å². The quantitative estimate of drug-likeness (QED) is 0.604. The number of anilines is 1. The number of nitrogens with one attached hydrogen (secondary N) is 1. The van der Waals surface area contributed by atoms with Gasteiger partial charge in [0, 0.05) is 12.6 Å². The molecule has 2 aromatic heterocycles. The number of sulfonamides is 1. The largest absolute Gasteiger partial charge is 0.451 e. The van der Waals surface area contributed by atoms with Gasteiger partial charge in [-0.25, -0.2) is 22.8 Å². The summed E-state index contributed by atoms with van der Waals surface area (Å²) >= 11 is 0. The molecule has 8 nitrogen and oxygen atoms in total. The predicted octanol–water partition coefficient (Wildman–Crippen LogP) is 2.81. The van der Waals surface area contributed by atoms with E-state index in [1.54, 1.807) is 0 Å². The molecule has 0 atom stereocenters. The van der Waals surface area contributed by atoms with Crippen molar-refractivity contribution in [2.75, 3.05) is 17.1 Å². The zero-order valence-electron chi connectivity index (χ0n) is 15.9. The number of hydrogen-bond donors (Lipinski definition) is 1. The van der Waals surface area contributed by atoms with Crippen LogP contribution in [-0.4, -0.2) is 35.4 Å². The fraction of sp³-hybridized carbons (Fsp3) is 0.278. The van der Waals surface area contributed by atoms with Crippen LogP contribution in [0.3, 0.4) is 0 Å². The molecule has 0 spiro atoms. The minimum absolute atomic E-state index is 0.0252. The number of fused-ring (bicyclic) bond motifs is 1. The Hall–Kier alpha value is -3.15. The van der Waals surface area contributed by atoms with Crippen LogP contribution < -0.4 is 15.0 Å². The number of hydrogen-bond acceptors (Lipinski definition) is 6. The van der Waals surface area contributed by atoms with Crippen molar-refractivity contribution in [3.8, 4) is 11.5 Å². The van der Waals surface area contributed by atoms with E-state index in [2.05, 4.69) is 9.97 Å². The van der Waals surface area contributed by atoms with Gasteiger partial charge in [0.2, 0.25) is 21.6 Å². The zero-order valence-corrected chi connectivity index (χ0v) is 16.8. The maximum Gasteiger partial charge on any atom is 0.261 e. The molecule has 0 aliphatic heterocycles. The predicted molar refractivity (Wildman–Crippen MR) is 104 cm³/mol. The molecule has 0 aliphatic carbocycles. The smallest absolute Gasteiger partial charge is 0.261 e. The number of aryl methyl sites for hydroxylation is 2. The van der Waals surface area contributed by atoms with Crippen LogP contribution in [0.15, 0.2) is 29.5 Å². The number of ether oxygens (including phenoxy) is 1. The molecule has 30 heavy (non-hydrogen) atoms. The van der Waals surface area contributed by atoms with Crippen molar-refractivity contribution >= 4 is 26.7 Å². The first kappa shape index (κ1) is 21.6. The van der Waals surface area contributed by atoms with Crippen LogP contribution in [0.5, 0.6) is 11.5 Å². The highest BCUT2D eigenvalue weighted by molar-refractivity contribution is 7.92. The number of pyridine rings is 1. The van der Waals surface area contributed by atoms with Gasteiger partial charge in [-0.15, -0.1) is 0 Å². The second kappa shape index (κ2) is 8.30. The molecular formula is C18H17F3N4O4S. The Labute approximate surface area is 169 Å². The van der Waals surface area contributed by atoms with Crippen molar-refractivity contribution in [1.82, 2.24) is 14.5 Å². The topological polar surface area (TPSA) is 103 Å². The Kier molecular flexibility index (Phi) is 5.97. The van der Waals surface area contributed by atoms with Gasteiger partial charge < -0.3 is 9.30 Å². The molecule has 0 saturated carbocycles. The Bertz CT molecular complexity index is 1280. The molecule has 0 saturated heterocycles. The number of nitrogens with zero attached hydrogens (tertiary/aromatic N) is 3. The molecular weight excluding hydrogens is 425 g/mol. The summed E-state index contributed by atoms with van der Waals surface area (Å²) in [5.41, 5.74) is 0.293. The Balaban J connectivity index is 2.02. The first-order valence-electron chi connectivity index (χ1n) is 8.68. The minimum Gasteiger partial charge on any atom is -0.451 e. The molecule has 1 aromatic carbocycles. The van der Waals surface area contributed by atoms with Gasteiger partial charge in [0.1, 0.15) is 5.75 Å². The van der Waals surface area contributed by atoms with Gasteiger partial charge in [0.25, 0.3) is 5.56 Å². The molecule has 0 unspecified atom stereocenters. The first-order valence-corrected chi connectivity index (χ1v) is 10.3. The van der Waals surface area contributed by atoms with Crippen LogP contribution in [0.25, 0.3) is 10.9 Å². The van der Waals surface area contributed by atoms with E-state index >= 15 is 0 Å². The summed E-state index contributed by atoms with van der Waals surface area (Å²) < 4.78 is 73.4. The van der Waals surface area contributed by atoms with E-state index in [0.717, 1.165) is 0 Å². The standard InChI is InChI=1S/C18H17F3N4O4S/c1-10-13(5-4-12-14(10)18(26)25(2)9-23-12)29-16-11(20)8-22-17(15(16)21)24-30(27,28)7-3-6-19/h4-5,8-9H,3,6-7H2,1-2H3,(H,22,24). The van der Waals surface area contributed by atoms with Crippen LogP contribution in [-0.2, 0) is 17.1 Å². The second-order valence-electron chi connectivity index (χ2n) is 6.41. The molecule has 0 aliphatic rings. The monoisotopic (exact) mass is 442 g/mol. The van der Waals surface area contributed by atoms with E-state index < -0.39 is 45.7 Å². The van der Waals surface area contributed by atoms with E-state index in [4.69, 9.17) is 4.74 Å². The van der Waals surface area contributed by atoms with Gasteiger partial charge in [-0.05, 0) is 25.5 Å². The fourth-order valence-electron chi connectivity index (χ4n) is 2.71. The van der Waals surface area contributed by atoms with Gasteiger partial charge >= 0.3 is 0 Å². The van der Waals surface area contributed by atoms with Crippen molar-refractivity contribution in [3.63, 3.8) is 0 Å². The van der Waals surface area contributed by atoms with Crippen LogP contribution in [0, 0.1) is 18.6 Å². The lowest BCUT2D eigenvalue weighted by Gasteiger charge is -2.14. The normalized spacial score (nSPS) is 11.6. The van der Waals surface area contributed by atoms with Crippen LogP contribution in [0.2, 0.25) is 0 Å². The highest BCUT2D eigenvalue weighted by Crippen LogP contribution is 2.34. The highest BCUT2D eigenvalue weighted by Gasteiger charge is 2.22. The fourth-order valence-corrected chi connectivity index (χ4v) is 3.74. The molecule has 0 amide bonds. The Morgan fingerprint density at radius 1 is 1.23 bits per heavy atom. The molecule has 2 heterocycles. The van der Waals surface area contributed by atoms with Crippen LogP contribution in [0.4, 0.5) is 19.0 Å². The highest BCUT2D eigenvalue weighted by atomic mass is 32.2. The number of benzene rings is 1. The molecule has 0 fully saturated rings. The molecule has 3 aromatic rings. The van der Waals surface area contributed by atoms with Crippen molar-refractivity contribution in [2.24, 2.45) is 7.05 Å². The minimum atomic E-state index is -4.09. The molecule has 12 heteroatoms. The summed E-state index contributed by atoms with van der Waals surface area (Å²) in [7, 11) is -2.59. The third-order valence-corrected chi connectivity index (χ3v) is 5.57. The van der Waals surface area contributed by atoms with Crippen molar-refractivity contribution in [3.05, 3.63) is 52.2 Å². The van der Waals surface area contributed by atoms with E-state index in [1.807, 2.05) is 4.72 Å². The van der Waals surface area contributed by atoms with Gasteiger partial charge in [0.05, 0.1) is 35.9 Å². The molecule has 3 rings (SSSR count). The van der Waals surface area contributed by atoms with Gasteiger partial charge in [-0.1, -0.05) is 0 Å². The van der Waals surface area contributed by atoms with Gasteiger partial charge in [-0.3, -0.25) is 13.9 Å². The van der Waals surface area contributed by atoms with Gasteiger partial charge in [0.15, 0.2) is 11.6 Å². The average Bonchev–Trinajstić information content (AvgIpc) is 2.70. The maximum absolute atomic E-state index is 14.8. The Morgan fingerprint density at radius 3 is 2.67 bits per heavy atom. The molecule has 0 bridgehead atoms. The summed E-state index contributed by atoms with van der Waals surface area (Å²) in [6.07, 6.45) is 1.64. The van der Waals surface area contributed by atoms with Crippen molar-refractivity contribution < 1.29 is 26.3 Å². The number of halogens is 3. The summed E-state index contributed by atoms with van der Waals surface area (Å²) in [4.78, 5) is 19.9. The summed E-state index contributed by atoms with van der Waals surface area (Å²) in [6, 6.07) is 2.84. The SMILES string of the molecule is Cc1c(Oc2c(F)cnc(NS(=O)(=O)CCCF)c2F)ccc2ncn(C)c(=O)c12. The van der Waals surface area contributed by atoms with E-state index in [-0.39, 0.29) is 23.1 Å². The second-order valence-corrected chi connectivity index (χ2v) is 8.25. The lowest BCUT2D eigenvalue weighted by molar-refractivity contribution is 0.404. The third-order valence-electron chi connectivity index (χ3n) is 4.24. The summed E-state index contributed by atoms with van der Waals surface area (Å²) in [6.45, 7) is 0.655. The summed E-state index contributed by atoms with van der Waals surface area (Å²) in [5, 5.41) is 0.208. The molecule has 0 radical (unpaired) electrons. The summed E-state index contributed by atoms with van der Waals surface area (Å²) in [5.74, 6) is -4.89. The number of rotatable bonds is 7. The van der Waals surface area contributed by atoms with Crippen molar-refractivity contribution in [1.29, 1.82) is 0 Å². The molecule has 1 N–H and O–H groups in total. The average molecular weight is 442 g/mol. The number of aromatic nitrogens is 3. The lowest BCUT2D eigenvalue weighted by atomic mass is 10.1. The Morgan fingerprint density at radius 2 is 1.97 bits per heavy atom. The number of alkyl halides is 1. The zero-order chi connectivity index (χ0) is 22.1. The molecule has 160 valence electrons. The van der Waals surface area contributed by atoms with Crippen molar-refractivity contribution in [2.45, 2.75) is 13.3 Å².